The van der Waals surface area contributed by atoms with Crippen LogP contribution in [0.1, 0.15) is 10.4 Å². The van der Waals surface area contributed by atoms with Gasteiger partial charge in [0, 0.05) is 34.8 Å². The Morgan fingerprint density at radius 1 is 0.714 bits per heavy atom. The van der Waals surface area contributed by atoms with Gasteiger partial charge in [0.25, 0.3) is 11.6 Å². The summed E-state index contributed by atoms with van der Waals surface area (Å²) < 4.78 is 0. The summed E-state index contributed by atoms with van der Waals surface area (Å²) in [5.74, 6) is -0.416. The van der Waals surface area contributed by atoms with Crippen molar-refractivity contribution >= 4 is 34.7 Å². The number of anilines is 3. The molecule has 140 valence electrons. The molecule has 0 saturated heterocycles. The second kappa shape index (κ2) is 8.45. The summed E-state index contributed by atoms with van der Waals surface area (Å²) >= 11 is 0. The van der Waals surface area contributed by atoms with Crippen molar-refractivity contribution in [2.75, 3.05) is 16.0 Å². The van der Waals surface area contributed by atoms with Crippen molar-refractivity contribution in [3.63, 3.8) is 0 Å². The van der Waals surface area contributed by atoms with Gasteiger partial charge in [-0.3, -0.25) is 14.9 Å². The summed E-state index contributed by atoms with van der Waals surface area (Å²) in [7, 11) is 0. The molecule has 3 aromatic carbocycles. The number of urea groups is 1. The maximum absolute atomic E-state index is 12.3. The second-order valence-corrected chi connectivity index (χ2v) is 5.78. The summed E-state index contributed by atoms with van der Waals surface area (Å²) in [5, 5.41) is 18.8. The monoisotopic (exact) mass is 376 g/mol. The van der Waals surface area contributed by atoms with E-state index in [2.05, 4.69) is 16.0 Å². The normalized spacial score (nSPS) is 10.0. The number of carbonyl (C=O) groups excluding carboxylic acids is 2. The van der Waals surface area contributed by atoms with E-state index < -0.39 is 16.9 Å². The zero-order chi connectivity index (χ0) is 19.9. The van der Waals surface area contributed by atoms with Crippen LogP contribution in [0.25, 0.3) is 0 Å². The molecule has 3 amide bonds. The van der Waals surface area contributed by atoms with Gasteiger partial charge < -0.3 is 16.0 Å². The average molecular weight is 376 g/mol. The van der Waals surface area contributed by atoms with Gasteiger partial charge in [0.1, 0.15) is 0 Å². The lowest BCUT2D eigenvalue weighted by atomic mass is 10.2. The van der Waals surface area contributed by atoms with E-state index in [4.69, 9.17) is 0 Å². The number of carbonyl (C=O) groups is 2. The summed E-state index contributed by atoms with van der Waals surface area (Å²) in [6.07, 6.45) is 0. The molecule has 0 unspecified atom stereocenters. The summed E-state index contributed by atoms with van der Waals surface area (Å²) in [4.78, 5) is 34.5. The Hall–Kier alpha value is -4.20. The van der Waals surface area contributed by atoms with E-state index in [1.165, 1.54) is 24.3 Å². The smallest absolute Gasteiger partial charge is 0.322 e. The van der Waals surface area contributed by atoms with Crippen LogP contribution in [-0.4, -0.2) is 16.9 Å². The van der Waals surface area contributed by atoms with E-state index in [1.54, 1.807) is 36.4 Å². The molecule has 0 aliphatic carbocycles. The molecule has 0 fully saturated rings. The van der Waals surface area contributed by atoms with Crippen molar-refractivity contribution in [2.24, 2.45) is 0 Å². The van der Waals surface area contributed by atoms with Crippen LogP contribution in [0.2, 0.25) is 0 Å². The van der Waals surface area contributed by atoms with E-state index in [9.17, 15) is 19.7 Å². The number of amides is 3. The maximum atomic E-state index is 12.3. The molecule has 0 aliphatic rings. The Balaban J connectivity index is 1.63. The topological polar surface area (TPSA) is 113 Å². The molecule has 3 N–H and O–H groups in total. The van der Waals surface area contributed by atoms with Gasteiger partial charge >= 0.3 is 6.03 Å². The minimum atomic E-state index is -0.530. The van der Waals surface area contributed by atoms with E-state index in [1.807, 2.05) is 18.2 Å². The van der Waals surface area contributed by atoms with Gasteiger partial charge in [-0.25, -0.2) is 4.79 Å². The van der Waals surface area contributed by atoms with Gasteiger partial charge in [-0.1, -0.05) is 24.3 Å². The Morgan fingerprint density at radius 3 is 1.93 bits per heavy atom. The number of para-hydroxylation sites is 1. The molecule has 28 heavy (non-hydrogen) atoms. The molecular formula is C20H16N4O4. The number of non-ortho nitro benzene ring substituents is 1. The number of benzene rings is 3. The highest BCUT2D eigenvalue weighted by Gasteiger charge is 2.10. The molecular weight excluding hydrogens is 360 g/mol. The Kier molecular flexibility index (Phi) is 5.61. The quantitative estimate of drug-likeness (QED) is 0.450. The third kappa shape index (κ3) is 4.92. The van der Waals surface area contributed by atoms with Crippen LogP contribution < -0.4 is 16.0 Å². The Morgan fingerprint density at radius 2 is 1.29 bits per heavy atom. The zero-order valence-corrected chi connectivity index (χ0v) is 14.6. The number of nitro benzene ring substituents is 1. The Labute approximate surface area is 160 Å². The van der Waals surface area contributed by atoms with Crippen LogP contribution >= 0.6 is 0 Å². The maximum Gasteiger partial charge on any atom is 0.323 e. The van der Waals surface area contributed by atoms with Gasteiger partial charge in [-0.15, -0.1) is 0 Å². The number of hydrogen-bond acceptors (Lipinski definition) is 4. The molecule has 0 saturated carbocycles. The largest absolute Gasteiger partial charge is 0.323 e. The fourth-order valence-corrected chi connectivity index (χ4v) is 2.43. The summed E-state index contributed by atoms with van der Waals surface area (Å²) in [5.41, 5.74) is 1.82. The predicted octanol–water partition coefficient (Wildman–Crippen LogP) is 4.49. The van der Waals surface area contributed by atoms with Crippen molar-refractivity contribution in [3.05, 3.63) is 94.5 Å². The molecule has 0 aliphatic heterocycles. The van der Waals surface area contributed by atoms with Crippen LogP contribution in [0.4, 0.5) is 27.5 Å². The van der Waals surface area contributed by atoms with E-state index in [-0.39, 0.29) is 11.3 Å². The molecule has 3 rings (SSSR count). The number of nitrogens with zero attached hydrogens (tertiary/aromatic N) is 1. The van der Waals surface area contributed by atoms with Crippen molar-refractivity contribution in [2.45, 2.75) is 0 Å². The van der Waals surface area contributed by atoms with Crippen LogP contribution in [0.3, 0.4) is 0 Å². The highest BCUT2D eigenvalue weighted by molar-refractivity contribution is 6.05. The van der Waals surface area contributed by atoms with Crippen LogP contribution in [-0.2, 0) is 0 Å². The molecule has 0 atom stereocenters. The van der Waals surface area contributed by atoms with Crippen molar-refractivity contribution in [3.8, 4) is 0 Å². The summed E-state index contributed by atoms with van der Waals surface area (Å²) in [6, 6.07) is 20.5. The first kappa shape index (κ1) is 18.6. The van der Waals surface area contributed by atoms with Gasteiger partial charge in [-0.05, 0) is 42.5 Å². The molecule has 0 bridgehead atoms. The van der Waals surface area contributed by atoms with Crippen LogP contribution in [0.15, 0.2) is 78.9 Å². The van der Waals surface area contributed by atoms with Gasteiger partial charge in [0.2, 0.25) is 0 Å². The van der Waals surface area contributed by atoms with Crippen LogP contribution in [0, 0.1) is 10.1 Å². The minimum Gasteiger partial charge on any atom is -0.322 e. The Bertz CT molecular complexity index is 1000. The number of nitrogens with one attached hydrogen (secondary N) is 3. The molecule has 0 spiro atoms. The molecule has 8 nitrogen and oxygen atoms in total. The van der Waals surface area contributed by atoms with Crippen molar-refractivity contribution in [1.82, 2.24) is 0 Å². The zero-order valence-electron chi connectivity index (χ0n) is 14.6. The number of rotatable bonds is 5. The third-order valence-electron chi connectivity index (χ3n) is 3.75. The molecule has 8 heteroatoms. The lowest BCUT2D eigenvalue weighted by molar-refractivity contribution is -0.384. The predicted molar refractivity (Wildman–Crippen MR) is 107 cm³/mol. The van der Waals surface area contributed by atoms with E-state index in [0.29, 0.717) is 17.1 Å². The fraction of sp³-hybridized carbons (Fsp3) is 0. The SMILES string of the molecule is O=C(Nc1ccccc1)Nc1cccc(NC(=O)c2ccc([N+](=O)[O-])cc2)c1. The standard InChI is InChI=1S/C20H16N4O4/c25-19(14-9-11-18(12-10-14)24(27)28)21-16-7-4-8-17(13-16)23-20(26)22-15-5-2-1-3-6-15/h1-13H,(H,21,25)(H2,22,23,26). The van der Waals surface area contributed by atoms with Crippen molar-refractivity contribution < 1.29 is 14.5 Å². The highest BCUT2D eigenvalue weighted by atomic mass is 16.6. The van der Waals surface area contributed by atoms with E-state index >= 15 is 0 Å². The van der Waals surface area contributed by atoms with Crippen LogP contribution in [0.5, 0.6) is 0 Å². The summed E-state index contributed by atoms with van der Waals surface area (Å²) in [6.45, 7) is 0. The molecule has 0 radical (unpaired) electrons. The lowest BCUT2D eigenvalue weighted by Gasteiger charge is -2.10. The first-order chi connectivity index (χ1) is 13.5. The fourth-order valence-electron chi connectivity index (χ4n) is 2.43. The van der Waals surface area contributed by atoms with Gasteiger partial charge in [0.05, 0.1) is 4.92 Å². The third-order valence-corrected chi connectivity index (χ3v) is 3.75. The molecule has 3 aromatic rings. The first-order valence-electron chi connectivity index (χ1n) is 8.30. The van der Waals surface area contributed by atoms with Crippen molar-refractivity contribution in [1.29, 1.82) is 0 Å². The molecule has 0 aromatic heterocycles. The number of nitro groups is 1. The number of hydrogen-bond donors (Lipinski definition) is 3. The second-order valence-electron chi connectivity index (χ2n) is 5.78. The lowest BCUT2D eigenvalue weighted by Crippen LogP contribution is -2.19. The average Bonchev–Trinajstić information content (AvgIpc) is 2.69. The van der Waals surface area contributed by atoms with Gasteiger partial charge in [0.15, 0.2) is 0 Å². The first-order valence-corrected chi connectivity index (χ1v) is 8.30. The van der Waals surface area contributed by atoms with Gasteiger partial charge in [-0.2, -0.15) is 0 Å². The van der Waals surface area contributed by atoms with E-state index in [0.717, 1.165) is 0 Å². The highest BCUT2D eigenvalue weighted by Crippen LogP contribution is 2.18. The molecule has 0 heterocycles. The minimum absolute atomic E-state index is 0.0906.